The predicted octanol–water partition coefficient (Wildman–Crippen LogP) is 3.47. The maximum Gasteiger partial charge on any atom is 0.264 e. The Bertz CT molecular complexity index is 677. The van der Waals surface area contributed by atoms with E-state index in [4.69, 9.17) is 4.74 Å². The molecule has 4 rings (SSSR count). The van der Waals surface area contributed by atoms with Crippen LogP contribution in [-0.4, -0.2) is 60.0 Å². The van der Waals surface area contributed by atoms with Crippen molar-refractivity contribution in [3.05, 3.63) is 21.9 Å². The van der Waals surface area contributed by atoms with Crippen LogP contribution in [0.4, 0.5) is 0 Å². The van der Waals surface area contributed by atoms with Crippen molar-refractivity contribution in [3.63, 3.8) is 0 Å². The highest BCUT2D eigenvalue weighted by molar-refractivity contribution is 7.12. The van der Waals surface area contributed by atoms with Gasteiger partial charge in [0.2, 0.25) is 5.91 Å². The fraction of sp³-hybridized carbons (Fsp3) is 0.714. The number of hydrogen-bond donors (Lipinski definition) is 0. The van der Waals surface area contributed by atoms with Crippen LogP contribution < -0.4 is 0 Å². The Morgan fingerprint density at radius 3 is 2.41 bits per heavy atom. The first-order valence-corrected chi connectivity index (χ1v) is 11.2. The van der Waals surface area contributed by atoms with E-state index < -0.39 is 0 Å². The van der Waals surface area contributed by atoms with E-state index in [-0.39, 0.29) is 17.4 Å². The van der Waals surface area contributed by atoms with Gasteiger partial charge in [0.15, 0.2) is 0 Å². The van der Waals surface area contributed by atoms with Gasteiger partial charge < -0.3 is 14.5 Å². The molecular weight excluding hydrogens is 360 g/mol. The van der Waals surface area contributed by atoms with Gasteiger partial charge in [0.25, 0.3) is 5.91 Å². The van der Waals surface area contributed by atoms with Crippen LogP contribution >= 0.6 is 11.3 Å². The van der Waals surface area contributed by atoms with Crippen molar-refractivity contribution in [1.82, 2.24) is 9.80 Å². The quantitative estimate of drug-likeness (QED) is 0.777. The van der Waals surface area contributed by atoms with E-state index >= 15 is 0 Å². The molecule has 148 valence electrons. The lowest BCUT2D eigenvalue weighted by atomic mass is 9.84. The summed E-state index contributed by atoms with van der Waals surface area (Å²) in [4.78, 5) is 30.4. The molecule has 0 N–H and O–H groups in total. The van der Waals surface area contributed by atoms with Crippen molar-refractivity contribution >= 4 is 23.2 Å². The predicted molar refractivity (Wildman–Crippen MR) is 106 cm³/mol. The van der Waals surface area contributed by atoms with Crippen LogP contribution in [0.25, 0.3) is 0 Å². The number of carbonyl (C=O) groups excluding carboxylic acids is 2. The van der Waals surface area contributed by atoms with Gasteiger partial charge >= 0.3 is 0 Å². The molecule has 0 unspecified atom stereocenters. The van der Waals surface area contributed by atoms with Crippen molar-refractivity contribution in [2.45, 2.75) is 57.5 Å². The molecule has 4 heterocycles. The van der Waals surface area contributed by atoms with Crippen molar-refractivity contribution in [3.8, 4) is 0 Å². The van der Waals surface area contributed by atoms with Crippen LogP contribution in [0, 0.1) is 12.8 Å². The summed E-state index contributed by atoms with van der Waals surface area (Å²) in [6.45, 7) is 5.89. The Morgan fingerprint density at radius 2 is 1.81 bits per heavy atom. The van der Waals surface area contributed by atoms with E-state index in [0.29, 0.717) is 19.0 Å². The first-order valence-electron chi connectivity index (χ1n) is 10.3. The number of hydrogen-bond acceptors (Lipinski definition) is 4. The number of aryl methyl sites for hydroxylation is 1. The van der Waals surface area contributed by atoms with Crippen molar-refractivity contribution in [2.75, 3.05) is 32.8 Å². The first kappa shape index (κ1) is 18.9. The molecule has 1 spiro atoms. The topological polar surface area (TPSA) is 49.9 Å². The van der Waals surface area contributed by atoms with Gasteiger partial charge in [0.05, 0.1) is 10.5 Å². The van der Waals surface area contributed by atoms with Crippen LogP contribution in [0.1, 0.15) is 60.2 Å². The van der Waals surface area contributed by atoms with Crippen LogP contribution in [0.2, 0.25) is 0 Å². The summed E-state index contributed by atoms with van der Waals surface area (Å²) in [5, 5.41) is 1.97. The second-order valence-corrected chi connectivity index (χ2v) is 9.23. The van der Waals surface area contributed by atoms with Crippen LogP contribution in [-0.2, 0) is 9.53 Å². The molecule has 6 heteroatoms. The summed E-state index contributed by atoms with van der Waals surface area (Å²) < 4.78 is 6.08. The minimum atomic E-state index is 0.0450. The molecule has 0 atom stereocenters. The molecule has 0 aromatic carbocycles. The van der Waals surface area contributed by atoms with Gasteiger partial charge in [-0.05, 0) is 68.9 Å². The van der Waals surface area contributed by atoms with Gasteiger partial charge in [-0.25, -0.2) is 0 Å². The summed E-state index contributed by atoms with van der Waals surface area (Å²) >= 11 is 1.51. The molecule has 0 saturated carbocycles. The van der Waals surface area contributed by atoms with Gasteiger partial charge in [-0.3, -0.25) is 9.59 Å². The Labute approximate surface area is 165 Å². The van der Waals surface area contributed by atoms with Gasteiger partial charge in [-0.1, -0.05) is 0 Å². The zero-order valence-electron chi connectivity index (χ0n) is 16.2. The minimum Gasteiger partial charge on any atom is -0.375 e. The number of nitrogens with zero attached hydrogens (tertiary/aromatic N) is 2. The molecule has 3 fully saturated rings. The lowest BCUT2D eigenvalue weighted by Crippen LogP contribution is -2.51. The van der Waals surface area contributed by atoms with Crippen LogP contribution in [0.3, 0.4) is 0 Å². The smallest absolute Gasteiger partial charge is 0.264 e. The number of rotatable bonds is 2. The largest absolute Gasteiger partial charge is 0.375 e. The molecule has 1 aromatic rings. The van der Waals surface area contributed by atoms with Crippen molar-refractivity contribution in [1.29, 1.82) is 0 Å². The second kappa shape index (κ2) is 7.92. The van der Waals surface area contributed by atoms with E-state index in [2.05, 4.69) is 4.90 Å². The zero-order valence-corrected chi connectivity index (χ0v) is 17.1. The Kier molecular flexibility index (Phi) is 5.55. The van der Waals surface area contributed by atoms with E-state index in [9.17, 15) is 9.59 Å². The third-order valence-electron chi connectivity index (χ3n) is 6.61. The number of piperidine rings is 2. The molecule has 3 aliphatic rings. The third kappa shape index (κ3) is 3.92. The number of likely N-dealkylation sites (tertiary alicyclic amines) is 2. The number of amides is 2. The zero-order chi connectivity index (χ0) is 18.9. The molecule has 0 aliphatic carbocycles. The van der Waals surface area contributed by atoms with Crippen LogP contribution in [0.15, 0.2) is 11.4 Å². The summed E-state index contributed by atoms with van der Waals surface area (Å²) in [6, 6.07) is 1.99. The summed E-state index contributed by atoms with van der Waals surface area (Å²) in [5.74, 6) is 0.489. The average Bonchev–Trinajstić information content (AvgIpc) is 3.14. The first-order chi connectivity index (χ1) is 13.1. The number of thiophene rings is 1. The van der Waals surface area contributed by atoms with E-state index in [1.54, 1.807) is 0 Å². The monoisotopic (exact) mass is 390 g/mol. The SMILES string of the molecule is Cc1ccsc1C(=O)N1CCC(C(=O)N2CCC3(CCCCO3)CC2)CC1. The number of ether oxygens (including phenoxy) is 1. The molecule has 0 radical (unpaired) electrons. The molecule has 3 saturated heterocycles. The Hall–Kier alpha value is -1.40. The number of carbonyl (C=O) groups is 2. The van der Waals surface area contributed by atoms with Gasteiger partial charge in [-0.15, -0.1) is 11.3 Å². The molecular formula is C21H30N2O3S. The normalized spacial score (nSPS) is 23.6. The summed E-state index contributed by atoms with van der Waals surface area (Å²) in [5.41, 5.74) is 1.10. The molecule has 3 aliphatic heterocycles. The fourth-order valence-electron chi connectivity index (χ4n) is 4.76. The van der Waals surface area contributed by atoms with Gasteiger partial charge in [0, 0.05) is 38.7 Å². The molecule has 2 amide bonds. The lowest BCUT2D eigenvalue weighted by Gasteiger charge is -2.45. The summed E-state index contributed by atoms with van der Waals surface area (Å²) in [7, 11) is 0. The highest BCUT2D eigenvalue weighted by Crippen LogP contribution is 2.35. The minimum absolute atomic E-state index is 0.0450. The molecule has 1 aromatic heterocycles. The van der Waals surface area contributed by atoms with Gasteiger partial charge in [-0.2, -0.15) is 0 Å². The molecule has 27 heavy (non-hydrogen) atoms. The van der Waals surface area contributed by atoms with Crippen molar-refractivity contribution in [2.24, 2.45) is 5.92 Å². The van der Waals surface area contributed by atoms with E-state index in [0.717, 1.165) is 62.2 Å². The Morgan fingerprint density at radius 1 is 1.07 bits per heavy atom. The second-order valence-electron chi connectivity index (χ2n) is 8.31. The molecule has 5 nitrogen and oxygen atoms in total. The van der Waals surface area contributed by atoms with Gasteiger partial charge in [0.1, 0.15) is 0 Å². The lowest BCUT2D eigenvalue weighted by molar-refractivity contribution is -0.147. The average molecular weight is 391 g/mol. The Balaban J connectivity index is 1.28. The van der Waals surface area contributed by atoms with Crippen molar-refractivity contribution < 1.29 is 14.3 Å². The third-order valence-corrected chi connectivity index (χ3v) is 7.61. The molecule has 0 bridgehead atoms. The maximum atomic E-state index is 13.0. The van der Waals surface area contributed by atoms with Crippen LogP contribution in [0.5, 0.6) is 0 Å². The highest BCUT2D eigenvalue weighted by atomic mass is 32.1. The van der Waals surface area contributed by atoms with E-state index in [1.165, 1.54) is 24.2 Å². The standard InChI is InChI=1S/C21H30N2O3S/c1-16-6-15-27-18(16)20(25)22-10-4-17(5-11-22)19(24)23-12-8-21(9-13-23)7-2-3-14-26-21/h6,15,17H,2-5,7-14H2,1H3. The van der Waals surface area contributed by atoms with E-state index in [1.807, 2.05) is 23.3 Å². The highest BCUT2D eigenvalue weighted by Gasteiger charge is 2.39. The summed E-state index contributed by atoms with van der Waals surface area (Å²) in [6.07, 6.45) is 7.11. The maximum absolute atomic E-state index is 13.0. The fourth-order valence-corrected chi connectivity index (χ4v) is 5.65.